The molecule has 0 radical (unpaired) electrons. The summed E-state index contributed by atoms with van der Waals surface area (Å²) in [5.74, 6) is -0.0199. The zero-order valence-electron chi connectivity index (χ0n) is 14.3. The van der Waals surface area contributed by atoms with Gasteiger partial charge in [0.05, 0.1) is 23.8 Å². The summed E-state index contributed by atoms with van der Waals surface area (Å²) in [6.07, 6.45) is 5.87. The SMILES string of the molecule is Cc1cscc1C(=O)N[C@H]1CCCC[C@H]1n1cc(C(C)(C)O)nn1. The van der Waals surface area contributed by atoms with Crippen LogP contribution in [0.1, 0.15) is 67.2 Å². The first-order valence-electron chi connectivity index (χ1n) is 8.34. The van der Waals surface area contributed by atoms with Gasteiger partial charge < -0.3 is 10.4 Å². The number of aliphatic hydroxyl groups is 1. The largest absolute Gasteiger partial charge is 0.384 e. The average molecular weight is 348 g/mol. The van der Waals surface area contributed by atoms with Gasteiger partial charge in [-0.2, -0.15) is 11.3 Å². The first-order valence-corrected chi connectivity index (χ1v) is 9.29. The van der Waals surface area contributed by atoms with Crippen LogP contribution in [-0.4, -0.2) is 32.0 Å². The van der Waals surface area contributed by atoms with Gasteiger partial charge in [0.15, 0.2) is 0 Å². The van der Waals surface area contributed by atoms with Crippen LogP contribution in [-0.2, 0) is 5.60 Å². The smallest absolute Gasteiger partial charge is 0.252 e. The molecule has 0 aliphatic heterocycles. The third kappa shape index (κ3) is 3.52. The number of hydrogen-bond donors (Lipinski definition) is 2. The fraction of sp³-hybridized carbons (Fsp3) is 0.588. The van der Waals surface area contributed by atoms with E-state index >= 15 is 0 Å². The van der Waals surface area contributed by atoms with Crippen LogP contribution in [0.4, 0.5) is 0 Å². The molecule has 2 heterocycles. The topological polar surface area (TPSA) is 80.0 Å². The molecule has 0 saturated heterocycles. The number of aryl methyl sites for hydroxylation is 1. The van der Waals surface area contributed by atoms with E-state index in [0.717, 1.165) is 36.8 Å². The van der Waals surface area contributed by atoms with Gasteiger partial charge in [0, 0.05) is 5.38 Å². The van der Waals surface area contributed by atoms with Crippen LogP contribution in [0.3, 0.4) is 0 Å². The fourth-order valence-electron chi connectivity index (χ4n) is 3.15. The Bertz CT molecular complexity index is 716. The number of thiophene rings is 1. The molecule has 1 aliphatic rings. The molecule has 1 fully saturated rings. The number of hydrogen-bond acceptors (Lipinski definition) is 5. The minimum Gasteiger partial charge on any atom is -0.384 e. The Balaban J connectivity index is 1.77. The second-order valence-corrected chi connectivity index (χ2v) is 7.79. The van der Waals surface area contributed by atoms with Crippen LogP contribution in [0.5, 0.6) is 0 Å². The van der Waals surface area contributed by atoms with Crippen LogP contribution in [0.25, 0.3) is 0 Å². The van der Waals surface area contributed by atoms with Crippen LogP contribution in [0.15, 0.2) is 17.0 Å². The summed E-state index contributed by atoms with van der Waals surface area (Å²) in [5.41, 5.74) is 1.29. The molecular formula is C17H24N4O2S. The molecule has 2 aromatic rings. The van der Waals surface area contributed by atoms with Gasteiger partial charge in [0.2, 0.25) is 0 Å². The molecule has 0 bridgehead atoms. The third-order valence-corrected chi connectivity index (χ3v) is 5.48. The van der Waals surface area contributed by atoms with E-state index in [9.17, 15) is 9.90 Å². The Labute approximate surface area is 145 Å². The third-order valence-electron chi connectivity index (χ3n) is 4.62. The quantitative estimate of drug-likeness (QED) is 0.890. The first kappa shape index (κ1) is 17.1. The minimum absolute atomic E-state index is 0.0199. The molecule has 0 spiro atoms. The molecule has 1 amide bonds. The number of rotatable bonds is 4. The molecule has 2 atom stereocenters. The lowest BCUT2D eigenvalue weighted by molar-refractivity contribution is 0.0736. The molecular weight excluding hydrogens is 324 g/mol. The van der Waals surface area contributed by atoms with Crippen molar-refractivity contribution in [3.8, 4) is 0 Å². The average Bonchev–Trinajstić information content (AvgIpc) is 3.16. The molecule has 6 nitrogen and oxygen atoms in total. The Hall–Kier alpha value is -1.73. The molecule has 130 valence electrons. The zero-order valence-corrected chi connectivity index (χ0v) is 15.1. The van der Waals surface area contributed by atoms with Gasteiger partial charge >= 0.3 is 0 Å². The van der Waals surface area contributed by atoms with Gasteiger partial charge in [-0.3, -0.25) is 4.79 Å². The summed E-state index contributed by atoms with van der Waals surface area (Å²) >= 11 is 1.54. The Morgan fingerprint density at radius 2 is 2.12 bits per heavy atom. The van der Waals surface area contributed by atoms with E-state index in [1.807, 2.05) is 17.7 Å². The summed E-state index contributed by atoms with van der Waals surface area (Å²) in [5, 5.41) is 25.4. The number of carbonyl (C=O) groups is 1. The molecule has 1 saturated carbocycles. The first-order chi connectivity index (χ1) is 11.4. The molecule has 2 aromatic heterocycles. The summed E-state index contributed by atoms with van der Waals surface area (Å²) < 4.78 is 1.80. The van der Waals surface area contributed by atoms with Crippen molar-refractivity contribution in [1.29, 1.82) is 0 Å². The maximum absolute atomic E-state index is 12.5. The van der Waals surface area contributed by atoms with Crippen molar-refractivity contribution < 1.29 is 9.90 Å². The van der Waals surface area contributed by atoms with Crippen molar-refractivity contribution in [2.24, 2.45) is 0 Å². The van der Waals surface area contributed by atoms with E-state index in [1.165, 1.54) is 0 Å². The van der Waals surface area contributed by atoms with Crippen molar-refractivity contribution >= 4 is 17.2 Å². The van der Waals surface area contributed by atoms with E-state index in [4.69, 9.17) is 0 Å². The molecule has 7 heteroatoms. The summed E-state index contributed by atoms with van der Waals surface area (Å²) in [6.45, 7) is 5.35. The lowest BCUT2D eigenvalue weighted by Gasteiger charge is -2.32. The van der Waals surface area contributed by atoms with Crippen molar-refractivity contribution in [3.63, 3.8) is 0 Å². The summed E-state index contributed by atoms with van der Waals surface area (Å²) in [7, 11) is 0. The van der Waals surface area contributed by atoms with Crippen molar-refractivity contribution in [1.82, 2.24) is 20.3 Å². The maximum Gasteiger partial charge on any atom is 0.252 e. The predicted octanol–water partition coefficient (Wildman–Crippen LogP) is 2.79. The van der Waals surface area contributed by atoms with Crippen molar-refractivity contribution in [2.45, 2.75) is 64.1 Å². The lowest BCUT2D eigenvalue weighted by Crippen LogP contribution is -2.43. The van der Waals surface area contributed by atoms with Gasteiger partial charge in [-0.1, -0.05) is 18.1 Å². The normalized spacial score (nSPS) is 21.7. The number of nitrogens with one attached hydrogen (secondary N) is 1. The standard InChI is InChI=1S/C17H24N4O2S/c1-11-9-24-10-12(11)16(22)18-13-6-4-5-7-14(13)21-8-15(19-20-21)17(2,3)23/h8-10,13-14,23H,4-7H2,1-3H3,(H,18,22)/t13-,14+/m0/s1. The molecule has 0 unspecified atom stereocenters. The number of carbonyl (C=O) groups excluding carboxylic acids is 1. The number of amides is 1. The highest BCUT2D eigenvalue weighted by Crippen LogP contribution is 2.29. The minimum atomic E-state index is -1.01. The summed E-state index contributed by atoms with van der Waals surface area (Å²) in [6, 6.07) is 0.104. The highest BCUT2D eigenvalue weighted by atomic mass is 32.1. The highest BCUT2D eigenvalue weighted by molar-refractivity contribution is 7.08. The monoisotopic (exact) mass is 348 g/mol. The Morgan fingerprint density at radius 3 is 2.75 bits per heavy atom. The maximum atomic E-state index is 12.5. The van der Waals surface area contributed by atoms with E-state index in [-0.39, 0.29) is 18.0 Å². The number of aromatic nitrogens is 3. The second-order valence-electron chi connectivity index (χ2n) is 7.04. The lowest BCUT2D eigenvalue weighted by atomic mass is 9.90. The molecule has 24 heavy (non-hydrogen) atoms. The zero-order chi connectivity index (χ0) is 17.3. The highest BCUT2D eigenvalue weighted by Gasteiger charge is 2.31. The Morgan fingerprint density at radius 1 is 1.38 bits per heavy atom. The second kappa shape index (κ2) is 6.64. The van der Waals surface area contributed by atoms with Crippen LogP contribution >= 0.6 is 11.3 Å². The van der Waals surface area contributed by atoms with Crippen molar-refractivity contribution in [2.75, 3.05) is 0 Å². The Kier molecular flexibility index (Phi) is 4.73. The fourth-order valence-corrected chi connectivity index (χ4v) is 3.98. The predicted molar refractivity (Wildman–Crippen MR) is 93.1 cm³/mol. The van der Waals surface area contributed by atoms with Crippen molar-refractivity contribution in [3.05, 3.63) is 33.8 Å². The van der Waals surface area contributed by atoms with Gasteiger partial charge in [-0.05, 0) is 44.6 Å². The van der Waals surface area contributed by atoms with Gasteiger partial charge in [0.25, 0.3) is 5.91 Å². The van der Waals surface area contributed by atoms with Gasteiger partial charge in [0.1, 0.15) is 11.3 Å². The van der Waals surface area contributed by atoms with E-state index in [0.29, 0.717) is 5.69 Å². The number of nitrogens with zero attached hydrogens (tertiary/aromatic N) is 3. The van der Waals surface area contributed by atoms with E-state index in [2.05, 4.69) is 15.6 Å². The molecule has 3 rings (SSSR count). The van der Waals surface area contributed by atoms with E-state index in [1.54, 1.807) is 36.1 Å². The van der Waals surface area contributed by atoms with Gasteiger partial charge in [-0.25, -0.2) is 4.68 Å². The van der Waals surface area contributed by atoms with Gasteiger partial charge in [-0.15, -0.1) is 5.10 Å². The molecule has 1 aliphatic carbocycles. The molecule has 2 N–H and O–H groups in total. The van der Waals surface area contributed by atoms with E-state index < -0.39 is 5.60 Å². The van der Waals surface area contributed by atoms with Crippen LogP contribution in [0, 0.1) is 6.92 Å². The summed E-state index contributed by atoms with van der Waals surface area (Å²) in [4.78, 5) is 12.5. The van der Waals surface area contributed by atoms with Crippen LogP contribution < -0.4 is 5.32 Å². The van der Waals surface area contributed by atoms with Crippen LogP contribution in [0.2, 0.25) is 0 Å². The molecule has 0 aromatic carbocycles.